The van der Waals surface area contributed by atoms with Crippen LogP contribution < -0.4 is 5.32 Å². The molecule has 0 atom stereocenters. The van der Waals surface area contributed by atoms with Crippen molar-refractivity contribution in [3.8, 4) is 0 Å². The molecule has 0 saturated heterocycles. The van der Waals surface area contributed by atoms with Gasteiger partial charge >= 0.3 is 0 Å². The maximum atomic E-state index is 4.51. The van der Waals surface area contributed by atoms with Crippen LogP contribution in [0.15, 0.2) is 18.5 Å². The average Bonchev–Trinajstić information content (AvgIpc) is 2.90. The van der Waals surface area contributed by atoms with Crippen LogP contribution >= 0.6 is 0 Å². The van der Waals surface area contributed by atoms with Gasteiger partial charge in [0.2, 0.25) is 0 Å². The van der Waals surface area contributed by atoms with E-state index in [0.717, 1.165) is 18.8 Å². The van der Waals surface area contributed by atoms with Gasteiger partial charge in [0.15, 0.2) is 0 Å². The molecule has 5 heteroatoms. The Bertz CT molecular complexity index is 490. The van der Waals surface area contributed by atoms with Gasteiger partial charge in [-0.3, -0.25) is 9.36 Å². The summed E-state index contributed by atoms with van der Waals surface area (Å²) in [5.74, 6) is 0. The van der Waals surface area contributed by atoms with E-state index in [9.17, 15) is 0 Å². The second kappa shape index (κ2) is 5.35. The molecule has 98 valence electrons. The standard InChI is InChI=1S/C13H21N5/c1-10(2)18-6-5-12(16-18)8-14-9-13-11(3)7-15-17(13)4/h5-7,10,14H,8-9H2,1-4H3. The predicted molar refractivity (Wildman–Crippen MR) is 71.1 cm³/mol. The van der Waals surface area contributed by atoms with Crippen molar-refractivity contribution in [2.75, 3.05) is 0 Å². The van der Waals surface area contributed by atoms with Crippen LogP contribution in [0.25, 0.3) is 0 Å². The Morgan fingerprint density at radius 1 is 1.33 bits per heavy atom. The van der Waals surface area contributed by atoms with Crippen LogP contribution in [0.4, 0.5) is 0 Å². The van der Waals surface area contributed by atoms with E-state index >= 15 is 0 Å². The van der Waals surface area contributed by atoms with Crippen LogP contribution in [0.2, 0.25) is 0 Å². The van der Waals surface area contributed by atoms with Crippen molar-refractivity contribution in [3.63, 3.8) is 0 Å². The van der Waals surface area contributed by atoms with Crippen LogP contribution in [0, 0.1) is 6.92 Å². The van der Waals surface area contributed by atoms with Gasteiger partial charge in [-0.25, -0.2) is 0 Å². The topological polar surface area (TPSA) is 47.7 Å². The van der Waals surface area contributed by atoms with Gasteiger partial charge in [0.05, 0.1) is 17.6 Å². The first kappa shape index (κ1) is 12.8. The molecule has 1 N–H and O–H groups in total. The van der Waals surface area contributed by atoms with Crippen molar-refractivity contribution in [2.24, 2.45) is 7.05 Å². The molecule has 0 radical (unpaired) electrons. The number of aromatic nitrogens is 4. The number of rotatable bonds is 5. The Kier molecular flexibility index (Phi) is 3.81. The lowest BCUT2D eigenvalue weighted by atomic mass is 10.2. The summed E-state index contributed by atoms with van der Waals surface area (Å²) in [7, 11) is 1.97. The summed E-state index contributed by atoms with van der Waals surface area (Å²) in [5, 5.41) is 12.1. The van der Waals surface area contributed by atoms with Gasteiger partial charge in [-0.1, -0.05) is 0 Å². The predicted octanol–water partition coefficient (Wildman–Crippen LogP) is 1.80. The fourth-order valence-electron chi connectivity index (χ4n) is 1.89. The average molecular weight is 247 g/mol. The van der Waals surface area contributed by atoms with Gasteiger partial charge in [0, 0.05) is 32.4 Å². The lowest BCUT2D eigenvalue weighted by molar-refractivity contribution is 0.520. The van der Waals surface area contributed by atoms with E-state index in [4.69, 9.17) is 0 Å². The normalized spacial score (nSPS) is 11.4. The van der Waals surface area contributed by atoms with Crippen molar-refractivity contribution in [2.45, 2.75) is 39.9 Å². The Hall–Kier alpha value is -1.62. The Labute approximate surface area is 108 Å². The number of hydrogen-bond donors (Lipinski definition) is 1. The zero-order valence-corrected chi connectivity index (χ0v) is 11.5. The van der Waals surface area contributed by atoms with Crippen molar-refractivity contribution >= 4 is 0 Å². The second-order valence-electron chi connectivity index (χ2n) is 4.88. The van der Waals surface area contributed by atoms with Gasteiger partial charge in [-0.05, 0) is 32.4 Å². The number of hydrogen-bond acceptors (Lipinski definition) is 3. The smallest absolute Gasteiger partial charge is 0.0762 e. The number of nitrogens with one attached hydrogen (secondary N) is 1. The SMILES string of the molecule is Cc1cnn(C)c1CNCc1ccn(C(C)C)n1. The summed E-state index contributed by atoms with van der Waals surface area (Å²) in [6, 6.07) is 2.47. The van der Waals surface area contributed by atoms with Crippen LogP contribution in [-0.2, 0) is 20.1 Å². The fraction of sp³-hybridized carbons (Fsp3) is 0.538. The third kappa shape index (κ3) is 2.79. The van der Waals surface area contributed by atoms with Crippen molar-refractivity contribution in [1.29, 1.82) is 0 Å². The largest absolute Gasteiger partial charge is 0.305 e. The maximum Gasteiger partial charge on any atom is 0.0762 e. The zero-order valence-electron chi connectivity index (χ0n) is 11.5. The first-order chi connectivity index (χ1) is 8.58. The van der Waals surface area contributed by atoms with Gasteiger partial charge < -0.3 is 5.32 Å². The van der Waals surface area contributed by atoms with E-state index in [1.165, 1.54) is 11.3 Å². The monoisotopic (exact) mass is 247 g/mol. The molecule has 2 aromatic rings. The minimum atomic E-state index is 0.415. The lowest BCUT2D eigenvalue weighted by Gasteiger charge is -2.06. The molecular weight excluding hydrogens is 226 g/mol. The van der Waals surface area contributed by atoms with Crippen LogP contribution in [0.5, 0.6) is 0 Å². The fourth-order valence-corrected chi connectivity index (χ4v) is 1.89. The Balaban J connectivity index is 1.88. The lowest BCUT2D eigenvalue weighted by Crippen LogP contribution is -2.16. The molecule has 0 aromatic carbocycles. The second-order valence-corrected chi connectivity index (χ2v) is 4.88. The molecule has 0 bridgehead atoms. The van der Waals surface area contributed by atoms with Crippen LogP contribution in [0.3, 0.4) is 0 Å². The summed E-state index contributed by atoms with van der Waals surface area (Å²) < 4.78 is 3.89. The molecule has 0 saturated carbocycles. The Morgan fingerprint density at radius 3 is 2.67 bits per heavy atom. The van der Waals surface area contributed by atoms with Crippen molar-refractivity contribution in [3.05, 3.63) is 35.4 Å². The highest BCUT2D eigenvalue weighted by molar-refractivity contribution is 5.15. The van der Waals surface area contributed by atoms with E-state index in [2.05, 4.69) is 42.4 Å². The minimum Gasteiger partial charge on any atom is -0.305 e. The highest BCUT2D eigenvalue weighted by Gasteiger charge is 2.05. The van der Waals surface area contributed by atoms with E-state index in [-0.39, 0.29) is 0 Å². The molecule has 0 spiro atoms. The van der Waals surface area contributed by atoms with Gasteiger partial charge in [0.1, 0.15) is 0 Å². The van der Waals surface area contributed by atoms with E-state index in [1.54, 1.807) is 0 Å². The minimum absolute atomic E-state index is 0.415. The molecular formula is C13H21N5. The molecule has 0 fully saturated rings. The van der Waals surface area contributed by atoms with E-state index in [1.807, 2.05) is 28.8 Å². The highest BCUT2D eigenvalue weighted by atomic mass is 15.3. The van der Waals surface area contributed by atoms with Crippen LogP contribution in [0.1, 0.15) is 36.8 Å². The maximum absolute atomic E-state index is 4.51. The molecule has 0 unspecified atom stereocenters. The molecule has 5 nitrogen and oxygen atoms in total. The Morgan fingerprint density at radius 2 is 2.11 bits per heavy atom. The molecule has 0 aliphatic carbocycles. The zero-order chi connectivity index (χ0) is 13.1. The molecule has 0 amide bonds. The molecule has 0 aliphatic rings. The summed E-state index contributed by atoms with van der Waals surface area (Å²) in [5.41, 5.74) is 3.51. The highest BCUT2D eigenvalue weighted by Crippen LogP contribution is 2.06. The molecule has 18 heavy (non-hydrogen) atoms. The van der Waals surface area contributed by atoms with Gasteiger partial charge in [-0.15, -0.1) is 0 Å². The summed E-state index contributed by atoms with van der Waals surface area (Å²) in [6.45, 7) is 7.94. The van der Waals surface area contributed by atoms with E-state index in [0.29, 0.717) is 6.04 Å². The van der Waals surface area contributed by atoms with E-state index < -0.39 is 0 Å². The molecule has 0 aliphatic heterocycles. The summed E-state index contributed by atoms with van der Waals surface area (Å²) in [6.07, 6.45) is 3.92. The number of aryl methyl sites for hydroxylation is 2. The van der Waals surface area contributed by atoms with Crippen LogP contribution in [-0.4, -0.2) is 19.6 Å². The van der Waals surface area contributed by atoms with Gasteiger partial charge in [-0.2, -0.15) is 10.2 Å². The van der Waals surface area contributed by atoms with Crippen molar-refractivity contribution in [1.82, 2.24) is 24.9 Å². The van der Waals surface area contributed by atoms with Crippen molar-refractivity contribution < 1.29 is 0 Å². The van der Waals surface area contributed by atoms with Gasteiger partial charge in [0.25, 0.3) is 0 Å². The summed E-state index contributed by atoms with van der Waals surface area (Å²) in [4.78, 5) is 0. The first-order valence-corrected chi connectivity index (χ1v) is 6.30. The summed E-state index contributed by atoms with van der Waals surface area (Å²) >= 11 is 0. The number of nitrogens with zero attached hydrogens (tertiary/aromatic N) is 4. The quantitative estimate of drug-likeness (QED) is 0.876. The third-order valence-corrected chi connectivity index (χ3v) is 3.06. The molecule has 2 aromatic heterocycles. The molecule has 2 rings (SSSR count). The first-order valence-electron chi connectivity index (χ1n) is 6.30. The molecule has 2 heterocycles. The third-order valence-electron chi connectivity index (χ3n) is 3.06.